The predicted octanol–water partition coefficient (Wildman–Crippen LogP) is 4.95. The standard InChI is InChI=1S/C17H15BrO/c18-16-6-2-5-15(11-16)17(19)14-9-7-13(8-10-14)12-3-1-4-12/h2,5-12H,1,3-4H2. The summed E-state index contributed by atoms with van der Waals surface area (Å²) in [5.74, 6) is 0.802. The topological polar surface area (TPSA) is 17.1 Å². The summed E-state index contributed by atoms with van der Waals surface area (Å²) < 4.78 is 0.935. The molecule has 0 unspecified atom stereocenters. The highest BCUT2D eigenvalue weighted by Crippen LogP contribution is 2.36. The summed E-state index contributed by atoms with van der Waals surface area (Å²) in [6.07, 6.45) is 3.92. The smallest absolute Gasteiger partial charge is 0.193 e. The fourth-order valence-electron chi connectivity index (χ4n) is 2.44. The molecule has 0 radical (unpaired) electrons. The van der Waals surface area contributed by atoms with Crippen LogP contribution in [-0.4, -0.2) is 5.78 Å². The van der Waals surface area contributed by atoms with Crippen molar-refractivity contribution in [3.63, 3.8) is 0 Å². The third-order valence-electron chi connectivity index (χ3n) is 3.84. The second kappa shape index (κ2) is 5.30. The maximum Gasteiger partial charge on any atom is 0.193 e. The second-order valence-electron chi connectivity index (χ2n) is 5.09. The molecule has 2 heteroatoms. The molecule has 19 heavy (non-hydrogen) atoms. The lowest BCUT2D eigenvalue weighted by Gasteiger charge is -2.25. The number of benzene rings is 2. The third kappa shape index (κ3) is 2.64. The minimum atomic E-state index is 0.0847. The molecule has 0 bridgehead atoms. The first kappa shape index (κ1) is 12.6. The molecular formula is C17H15BrO. The van der Waals surface area contributed by atoms with E-state index in [1.165, 1.54) is 24.8 Å². The van der Waals surface area contributed by atoms with Gasteiger partial charge in [0, 0.05) is 15.6 Å². The average Bonchev–Trinajstić information content (AvgIpc) is 2.37. The summed E-state index contributed by atoms with van der Waals surface area (Å²) in [7, 11) is 0. The van der Waals surface area contributed by atoms with Gasteiger partial charge in [-0.15, -0.1) is 0 Å². The van der Waals surface area contributed by atoms with Crippen LogP contribution in [0.4, 0.5) is 0 Å². The Kier molecular flexibility index (Phi) is 3.52. The van der Waals surface area contributed by atoms with Crippen LogP contribution >= 0.6 is 15.9 Å². The fraction of sp³-hybridized carbons (Fsp3) is 0.235. The molecule has 0 atom stereocenters. The van der Waals surface area contributed by atoms with E-state index in [1.807, 2.05) is 36.4 Å². The molecule has 1 saturated carbocycles. The molecule has 1 aliphatic carbocycles. The Balaban J connectivity index is 1.83. The summed E-state index contributed by atoms with van der Waals surface area (Å²) in [5, 5.41) is 0. The molecule has 3 rings (SSSR count). The van der Waals surface area contributed by atoms with Crippen molar-refractivity contribution >= 4 is 21.7 Å². The zero-order valence-corrected chi connectivity index (χ0v) is 12.2. The van der Waals surface area contributed by atoms with E-state index in [9.17, 15) is 4.79 Å². The van der Waals surface area contributed by atoms with Crippen LogP contribution < -0.4 is 0 Å². The van der Waals surface area contributed by atoms with E-state index >= 15 is 0 Å². The van der Waals surface area contributed by atoms with E-state index in [4.69, 9.17) is 0 Å². The predicted molar refractivity (Wildman–Crippen MR) is 80.6 cm³/mol. The van der Waals surface area contributed by atoms with Gasteiger partial charge in [0.1, 0.15) is 0 Å². The number of hydrogen-bond donors (Lipinski definition) is 0. The SMILES string of the molecule is O=C(c1ccc(C2CCC2)cc1)c1cccc(Br)c1. The van der Waals surface area contributed by atoms with Crippen molar-refractivity contribution in [2.75, 3.05) is 0 Å². The fourth-order valence-corrected chi connectivity index (χ4v) is 2.84. The molecule has 0 N–H and O–H groups in total. The van der Waals surface area contributed by atoms with Gasteiger partial charge < -0.3 is 0 Å². The van der Waals surface area contributed by atoms with Gasteiger partial charge in [-0.05, 0) is 36.5 Å². The van der Waals surface area contributed by atoms with Gasteiger partial charge in [-0.25, -0.2) is 0 Å². The molecule has 0 heterocycles. The molecule has 0 amide bonds. The Hall–Kier alpha value is -1.41. The lowest BCUT2D eigenvalue weighted by molar-refractivity contribution is 0.103. The molecule has 1 nitrogen and oxygen atoms in total. The van der Waals surface area contributed by atoms with Gasteiger partial charge in [-0.2, -0.15) is 0 Å². The highest BCUT2D eigenvalue weighted by Gasteiger charge is 2.19. The highest BCUT2D eigenvalue weighted by atomic mass is 79.9. The van der Waals surface area contributed by atoms with Gasteiger partial charge >= 0.3 is 0 Å². The minimum absolute atomic E-state index is 0.0847. The number of carbonyl (C=O) groups excluding carboxylic acids is 1. The van der Waals surface area contributed by atoms with E-state index in [0.717, 1.165) is 21.5 Å². The van der Waals surface area contributed by atoms with Crippen molar-refractivity contribution in [3.05, 3.63) is 69.7 Å². The van der Waals surface area contributed by atoms with Gasteiger partial charge in [0.15, 0.2) is 5.78 Å². The first-order chi connectivity index (χ1) is 9.24. The lowest BCUT2D eigenvalue weighted by atomic mass is 9.80. The van der Waals surface area contributed by atoms with Gasteiger partial charge in [0.25, 0.3) is 0 Å². The maximum atomic E-state index is 12.3. The monoisotopic (exact) mass is 314 g/mol. The summed E-state index contributed by atoms with van der Waals surface area (Å²) in [5.41, 5.74) is 2.86. The normalized spacial score (nSPS) is 15.0. The molecule has 0 spiro atoms. The Bertz CT molecular complexity index is 597. The second-order valence-corrected chi connectivity index (χ2v) is 6.00. The molecule has 2 aromatic rings. The highest BCUT2D eigenvalue weighted by molar-refractivity contribution is 9.10. The zero-order valence-electron chi connectivity index (χ0n) is 10.6. The van der Waals surface area contributed by atoms with Crippen molar-refractivity contribution in [1.29, 1.82) is 0 Å². The molecule has 0 aromatic heterocycles. The van der Waals surface area contributed by atoms with Gasteiger partial charge in [-0.1, -0.05) is 58.7 Å². The quantitative estimate of drug-likeness (QED) is 0.733. The first-order valence-corrected chi connectivity index (χ1v) is 7.43. The van der Waals surface area contributed by atoms with Crippen LogP contribution in [0.2, 0.25) is 0 Å². The van der Waals surface area contributed by atoms with Crippen LogP contribution in [-0.2, 0) is 0 Å². The van der Waals surface area contributed by atoms with Gasteiger partial charge in [-0.3, -0.25) is 4.79 Å². The van der Waals surface area contributed by atoms with Crippen LogP contribution in [0.5, 0.6) is 0 Å². The van der Waals surface area contributed by atoms with Crippen LogP contribution in [0.1, 0.15) is 46.7 Å². The van der Waals surface area contributed by atoms with E-state index in [1.54, 1.807) is 0 Å². The third-order valence-corrected chi connectivity index (χ3v) is 4.33. The molecular weight excluding hydrogens is 300 g/mol. The summed E-state index contributed by atoms with van der Waals surface area (Å²) in [6, 6.07) is 15.7. The van der Waals surface area contributed by atoms with Crippen LogP contribution in [0.15, 0.2) is 53.0 Å². The van der Waals surface area contributed by atoms with E-state index in [0.29, 0.717) is 0 Å². The molecule has 0 saturated heterocycles. The van der Waals surface area contributed by atoms with Crippen molar-refractivity contribution in [2.24, 2.45) is 0 Å². The molecule has 2 aromatic carbocycles. The Labute approximate surface area is 121 Å². The van der Waals surface area contributed by atoms with Gasteiger partial charge in [0.05, 0.1) is 0 Å². The zero-order chi connectivity index (χ0) is 13.2. The number of rotatable bonds is 3. The molecule has 96 valence electrons. The van der Waals surface area contributed by atoms with Crippen molar-refractivity contribution in [3.8, 4) is 0 Å². The summed E-state index contributed by atoms with van der Waals surface area (Å²) in [4.78, 5) is 12.3. The summed E-state index contributed by atoms with van der Waals surface area (Å²) >= 11 is 3.40. The Morgan fingerprint density at radius 1 is 1.00 bits per heavy atom. The molecule has 1 fully saturated rings. The number of carbonyl (C=O) groups is 1. The number of ketones is 1. The van der Waals surface area contributed by atoms with Gasteiger partial charge in [0.2, 0.25) is 0 Å². The molecule has 1 aliphatic rings. The minimum Gasteiger partial charge on any atom is -0.289 e. The maximum absolute atomic E-state index is 12.3. The van der Waals surface area contributed by atoms with Crippen LogP contribution in [0, 0.1) is 0 Å². The van der Waals surface area contributed by atoms with E-state index in [2.05, 4.69) is 28.1 Å². The Morgan fingerprint density at radius 3 is 2.32 bits per heavy atom. The first-order valence-electron chi connectivity index (χ1n) is 6.64. The largest absolute Gasteiger partial charge is 0.289 e. The average molecular weight is 315 g/mol. The number of halogens is 1. The van der Waals surface area contributed by atoms with Crippen LogP contribution in [0.25, 0.3) is 0 Å². The summed E-state index contributed by atoms with van der Waals surface area (Å²) in [6.45, 7) is 0. The molecule has 0 aliphatic heterocycles. The van der Waals surface area contributed by atoms with E-state index in [-0.39, 0.29) is 5.78 Å². The van der Waals surface area contributed by atoms with Crippen molar-refractivity contribution < 1.29 is 4.79 Å². The number of hydrogen-bond acceptors (Lipinski definition) is 1. The lowest BCUT2D eigenvalue weighted by Crippen LogP contribution is -2.09. The van der Waals surface area contributed by atoms with Crippen molar-refractivity contribution in [2.45, 2.75) is 25.2 Å². The Morgan fingerprint density at radius 2 is 1.74 bits per heavy atom. The van der Waals surface area contributed by atoms with Crippen molar-refractivity contribution in [1.82, 2.24) is 0 Å². The van der Waals surface area contributed by atoms with Crippen LogP contribution in [0.3, 0.4) is 0 Å². The van der Waals surface area contributed by atoms with E-state index < -0.39 is 0 Å².